The molecule has 78 valence electrons. The number of halogens is 1. The lowest BCUT2D eigenvalue weighted by molar-refractivity contribution is 0.617. The largest absolute Gasteiger partial charge is 0.382 e. The minimum Gasteiger partial charge on any atom is -0.382 e. The maximum absolute atomic E-state index is 13.1. The Hall–Kier alpha value is -1.84. The van der Waals surface area contributed by atoms with Gasteiger partial charge in [-0.2, -0.15) is 5.10 Å². The minimum atomic E-state index is -0.212. The molecule has 1 aromatic heterocycles. The molecule has 0 spiro atoms. The second-order valence-electron chi connectivity index (χ2n) is 3.56. The summed E-state index contributed by atoms with van der Waals surface area (Å²) in [6, 6.07) is 6.64. The van der Waals surface area contributed by atoms with Crippen LogP contribution in [0.5, 0.6) is 0 Å². The molecule has 2 N–H and O–H groups in total. The van der Waals surface area contributed by atoms with Crippen LogP contribution in [0, 0.1) is 19.7 Å². The number of nitrogen functional groups attached to an aromatic ring is 1. The number of aryl methyl sites for hydroxylation is 2. The maximum Gasteiger partial charge on any atom is 0.146 e. The van der Waals surface area contributed by atoms with E-state index in [1.807, 2.05) is 6.92 Å². The summed E-state index contributed by atoms with van der Waals surface area (Å²) in [6.45, 7) is 3.63. The quantitative estimate of drug-likeness (QED) is 0.775. The summed E-state index contributed by atoms with van der Waals surface area (Å²) in [5.41, 5.74) is 7.93. The zero-order valence-corrected chi connectivity index (χ0v) is 8.66. The molecule has 2 aromatic rings. The number of anilines is 1. The van der Waals surface area contributed by atoms with Crippen LogP contribution in [0.2, 0.25) is 0 Å². The lowest BCUT2D eigenvalue weighted by atomic mass is 10.2. The normalized spacial score (nSPS) is 10.6. The number of benzene rings is 1. The zero-order chi connectivity index (χ0) is 11.0. The van der Waals surface area contributed by atoms with Crippen molar-refractivity contribution >= 4 is 5.82 Å². The van der Waals surface area contributed by atoms with Crippen LogP contribution in [-0.4, -0.2) is 9.78 Å². The van der Waals surface area contributed by atoms with Gasteiger partial charge in [-0.15, -0.1) is 0 Å². The van der Waals surface area contributed by atoms with E-state index < -0.39 is 0 Å². The Bertz CT molecular complexity index is 503. The van der Waals surface area contributed by atoms with E-state index in [0.717, 1.165) is 11.4 Å². The van der Waals surface area contributed by atoms with E-state index in [1.165, 1.54) is 6.07 Å². The van der Waals surface area contributed by atoms with Crippen molar-refractivity contribution in [3.8, 4) is 5.69 Å². The van der Waals surface area contributed by atoms with E-state index in [4.69, 9.17) is 5.73 Å². The van der Waals surface area contributed by atoms with Crippen LogP contribution in [0.15, 0.2) is 24.3 Å². The average molecular weight is 205 g/mol. The Kier molecular flexibility index (Phi) is 2.19. The fraction of sp³-hybridized carbons (Fsp3) is 0.182. The first-order chi connectivity index (χ1) is 7.08. The van der Waals surface area contributed by atoms with E-state index in [9.17, 15) is 4.39 Å². The molecule has 1 aromatic carbocycles. The third-order valence-corrected chi connectivity index (χ3v) is 2.29. The Morgan fingerprint density at radius 3 is 2.53 bits per heavy atom. The second kappa shape index (κ2) is 3.38. The van der Waals surface area contributed by atoms with Gasteiger partial charge in [0.25, 0.3) is 0 Å². The Morgan fingerprint density at radius 2 is 2.00 bits per heavy atom. The molecule has 0 radical (unpaired) electrons. The third-order valence-electron chi connectivity index (χ3n) is 2.29. The number of nitrogens with two attached hydrogens (primary N) is 1. The molecule has 15 heavy (non-hydrogen) atoms. The second-order valence-corrected chi connectivity index (χ2v) is 3.56. The fourth-order valence-corrected chi connectivity index (χ4v) is 1.52. The number of hydrogen-bond acceptors (Lipinski definition) is 2. The van der Waals surface area contributed by atoms with E-state index in [0.29, 0.717) is 11.4 Å². The first-order valence-corrected chi connectivity index (χ1v) is 4.66. The van der Waals surface area contributed by atoms with Crippen LogP contribution in [0.3, 0.4) is 0 Å². The van der Waals surface area contributed by atoms with Gasteiger partial charge in [0.05, 0.1) is 5.69 Å². The molecule has 2 rings (SSSR count). The third kappa shape index (κ3) is 1.70. The van der Waals surface area contributed by atoms with E-state index in [2.05, 4.69) is 5.10 Å². The molecule has 1 heterocycles. The van der Waals surface area contributed by atoms with Crippen LogP contribution in [0.1, 0.15) is 11.3 Å². The molecular formula is C11H12FN3. The predicted molar refractivity (Wildman–Crippen MR) is 57.4 cm³/mol. The molecule has 0 aliphatic rings. The van der Waals surface area contributed by atoms with Gasteiger partial charge < -0.3 is 5.73 Å². The molecule has 0 aliphatic heterocycles. The van der Waals surface area contributed by atoms with Crippen molar-refractivity contribution in [1.82, 2.24) is 9.78 Å². The van der Waals surface area contributed by atoms with Gasteiger partial charge in [-0.3, -0.25) is 0 Å². The van der Waals surface area contributed by atoms with Gasteiger partial charge >= 0.3 is 0 Å². The monoisotopic (exact) mass is 205 g/mol. The molecule has 4 heteroatoms. The van der Waals surface area contributed by atoms with Crippen molar-refractivity contribution in [1.29, 1.82) is 0 Å². The van der Waals surface area contributed by atoms with Crippen LogP contribution < -0.4 is 5.73 Å². The Labute approximate surface area is 87.3 Å². The maximum atomic E-state index is 13.1. The van der Waals surface area contributed by atoms with Gasteiger partial charge in [0.15, 0.2) is 0 Å². The molecular weight excluding hydrogens is 193 g/mol. The molecule has 0 unspecified atom stereocenters. The van der Waals surface area contributed by atoms with Crippen molar-refractivity contribution in [3.63, 3.8) is 0 Å². The SMILES string of the molecule is Cc1cc(-n2nc(N)cc2C)ccc1F. The number of aromatic nitrogens is 2. The number of hydrogen-bond donors (Lipinski definition) is 1. The molecule has 0 fully saturated rings. The average Bonchev–Trinajstić information content (AvgIpc) is 2.50. The lowest BCUT2D eigenvalue weighted by Crippen LogP contribution is -2.00. The fourth-order valence-electron chi connectivity index (χ4n) is 1.52. The molecule has 0 bridgehead atoms. The highest BCUT2D eigenvalue weighted by molar-refractivity contribution is 5.40. The van der Waals surface area contributed by atoms with E-state index in [1.54, 1.807) is 29.8 Å². The van der Waals surface area contributed by atoms with Crippen molar-refractivity contribution in [3.05, 3.63) is 41.3 Å². The van der Waals surface area contributed by atoms with Crippen LogP contribution >= 0.6 is 0 Å². The highest BCUT2D eigenvalue weighted by atomic mass is 19.1. The Morgan fingerprint density at radius 1 is 1.27 bits per heavy atom. The number of nitrogens with zero attached hydrogens (tertiary/aromatic N) is 2. The number of rotatable bonds is 1. The van der Waals surface area contributed by atoms with E-state index >= 15 is 0 Å². The molecule has 0 saturated carbocycles. The molecule has 0 atom stereocenters. The zero-order valence-electron chi connectivity index (χ0n) is 8.66. The summed E-state index contributed by atoms with van der Waals surface area (Å²) in [5.74, 6) is 0.256. The van der Waals surface area contributed by atoms with Crippen LogP contribution in [-0.2, 0) is 0 Å². The van der Waals surface area contributed by atoms with Gasteiger partial charge in [-0.25, -0.2) is 9.07 Å². The Balaban J connectivity index is 2.54. The summed E-state index contributed by atoms with van der Waals surface area (Å²) in [7, 11) is 0. The molecule has 3 nitrogen and oxygen atoms in total. The highest BCUT2D eigenvalue weighted by Gasteiger charge is 2.05. The van der Waals surface area contributed by atoms with Gasteiger partial charge in [-0.05, 0) is 37.6 Å². The van der Waals surface area contributed by atoms with Gasteiger partial charge in [0.2, 0.25) is 0 Å². The first-order valence-electron chi connectivity index (χ1n) is 4.66. The predicted octanol–water partition coefficient (Wildman–Crippen LogP) is 2.21. The molecule has 0 aliphatic carbocycles. The van der Waals surface area contributed by atoms with Crippen molar-refractivity contribution in [2.75, 3.05) is 5.73 Å². The summed E-state index contributed by atoms with van der Waals surface area (Å²) < 4.78 is 14.8. The van der Waals surface area contributed by atoms with Crippen LogP contribution in [0.4, 0.5) is 10.2 Å². The standard InChI is InChI=1S/C11H12FN3/c1-7-5-9(3-4-10(7)12)15-8(2)6-11(13)14-15/h3-6H,1-2H3,(H2,13,14). The summed E-state index contributed by atoms with van der Waals surface area (Å²) >= 11 is 0. The highest BCUT2D eigenvalue weighted by Crippen LogP contribution is 2.16. The lowest BCUT2D eigenvalue weighted by Gasteiger charge is -2.05. The van der Waals surface area contributed by atoms with Crippen molar-refractivity contribution < 1.29 is 4.39 Å². The van der Waals surface area contributed by atoms with Crippen molar-refractivity contribution in [2.45, 2.75) is 13.8 Å². The first kappa shape index (κ1) is 9.71. The smallest absolute Gasteiger partial charge is 0.146 e. The molecule has 0 amide bonds. The summed E-state index contributed by atoms with van der Waals surface area (Å²) in [6.07, 6.45) is 0. The van der Waals surface area contributed by atoms with Crippen molar-refractivity contribution in [2.24, 2.45) is 0 Å². The molecule has 0 saturated heterocycles. The van der Waals surface area contributed by atoms with Gasteiger partial charge in [0, 0.05) is 11.8 Å². The summed E-state index contributed by atoms with van der Waals surface area (Å²) in [4.78, 5) is 0. The topological polar surface area (TPSA) is 43.8 Å². The minimum absolute atomic E-state index is 0.212. The van der Waals surface area contributed by atoms with Crippen LogP contribution in [0.25, 0.3) is 5.69 Å². The summed E-state index contributed by atoms with van der Waals surface area (Å²) in [5, 5.41) is 4.12. The van der Waals surface area contributed by atoms with E-state index in [-0.39, 0.29) is 5.82 Å². The van der Waals surface area contributed by atoms with Gasteiger partial charge in [0.1, 0.15) is 11.6 Å². The van der Waals surface area contributed by atoms with Gasteiger partial charge in [-0.1, -0.05) is 0 Å².